The van der Waals surface area contributed by atoms with Crippen LogP contribution in [0.25, 0.3) is 0 Å². The molecule has 168 valence electrons. The molecule has 0 heterocycles. The molecule has 1 amide bonds. The van der Waals surface area contributed by atoms with Crippen LogP contribution in [0.2, 0.25) is 0 Å². The van der Waals surface area contributed by atoms with Gasteiger partial charge in [-0.05, 0) is 48.2 Å². The quantitative estimate of drug-likeness (QED) is 0.273. The number of amides is 1. The summed E-state index contributed by atoms with van der Waals surface area (Å²) in [4.78, 5) is 16.8. The second kappa shape index (κ2) is 13.2. The van der Waals surface area contributed by atoms with Crippen molar-refractivity contribution in [3.8, 4) is 5.75 Å². The Hall–Kier alpha value is -2.29. The van der Waals surface area contributed by atoms with Crippen molar-refractivity contribution >= 4 is 41.5 Å². The average molecular weight is 536 g/mol. The van der Waals surface area contributed by atoms with E-state index in [1.165, 1.54) is 6.42 Å². The number of anilines is 1. The molecule has 0 spiro atoms. The van der Waals surface area contributed by atoms with Crippen molar-refractivity contribution in [2.24, 2.45) is 10.9 Å². The predicted octanol–water partition coefficient (Wildman–Crippen LogP) is 4.70. The van der Waals surface area contributed by atoms with E-state index in [-0.39, 0.29) is 35.8 Å². The van der Waals surface area contributed by atoms with Gasteiger partial charge in [0.15, 0.2) is 5.96 Å². The molecule has 0 atom stereocenters. The van der Waals surface area contributed by atoms with Crippen LogP contribution < -0.4 is 20.7 Å². The molecule has 1 aliphatic carbocycles. The number of hydrogen-bond acceptors (Lipinski definition) is 3. The van der Waals surface area contributed by atoms with E-state index in [0.717, 1.165) is 54.2 Å². The summed E-state index contributed by atoms with van der Waals surface area (Å²) < 4.78 is 5.19. The fraction of sp³-hybridized carbons (Fsp3) is 0.417. The summed E-state index contributed by atoms with van der Waals surface area (Å²) in [7, 11) is 3.42. The van der Waals surface area contributed by atoms with E-state index in [0.29, 0.717) is 13.1 Å². The molecule has 2 aromatic rings. The standard InChI is InChI=1S/C24H32N4O2.HI/c1-25-24(26-16-18-11-13-22(30-2)14-12-18)27-17-19-7-6-10-21(15-19)28-23(29)20-8-4-3-5-9-20;/h6-7,10-15,20H,3-5,8-9,16-17H2,1-2H3,(H,28,29)(H2,25,26,27);1H. The molecule has 0 saturated heterocycles. The maximum absolute atomic E-state index is 12.5. The molecule has 0 radical (unpaired) electrons. The van der Waals surface area contributed by atoms with Gasteiger partial charge in [-0.3, -0.25) is 9.79 Å². The van der Waals surface area contributed by atoms with Crippen LogP contribution >= 0.6 is 24.0 Å². The van der Waals surface area contributed by atoms with Crippen molar-refractivity contribution < 1.29 is 9.53 Å². The third kappa shape index (κ3) is 8.05. The first-order valence-electron chi connectivity index (χ1n) is 10.6. The molecule has 2 aromatic carbocycles. The number of ether oxygens (including phenoxy) is 1. The number of hydrogen-bond donors (Lipinski definition) is 3. The molecule has 31 heavy (non-hydrogen) atoms. The van der Waals surface area contributed by atoms with Gasteiger partial charge in [-0.15, -0.1) is 24.0 Å². The number of methoxy groups -OCH3 is 1. The maximum Gasteiger partial charge on any atom is 0.227 e. The highest BCUT2D eigenvalue weighted by Gasteiger charge is 2.21. The molecule has 3 N–H and O–H groups in total. The number of nitrogens with zero attached hydrogens (tertiary/aromatic N) is 1. The Balaban J connectivity index is 0.00000341. The molecule has 0 unspecified atom stereocenters. The maximum atomic E-state index is 12.5. The second-order valence-electron chi connectivity index (χ2n) is 7.65. The van der Waals surface area contributed by atoms with Gasteiger partial charge >= 0.3 is 0 Å². The Kier molecular flexibility index (Phi) is 10.6. The van der Waals surface area contributed by atoms with Gasteiger partial charge in [0.2, 0.25) is 5.91 Å². The molecule has 1 aliphatic rings. The van der Waals surface area contributed by atoms with Crippen molar-refractivity contribution in [3.05, 3.63) is 59.7 Å². The Morgan fingerprint density at radius 1 is 1.00 bits per heavy atom. The summed E-state index contributed by atoms with van der Waals surface area (Å²) in [6, 6.07) is 15.9. The summed E-state index contributed by atoms with van der Waals surface area (Å²) in [6.45, 7) is 1.29. The van der Waals surface area contributed by atoms with Crippen molar-refractivity contribution in [2.45, 2.75) is 45.2 Å². The fourth-order valence-corrected chi connectivity index (χ4v) is 3.70. The largest absolute Gasteiger partial charge is 0.497 e. The van der Waals surface area contributed by atoms with E-state index in [2.05, 4.69) is 20.9 Å². The molecule has 6 nitrogen and oxygen atoms in total. The number of aliphatic imine (C=N–C) groups is 1. The van der Waals surface area contributed by atoms with E-state index >= 15 is 0 Å². The lowest BCUT2D eigenvalue weighted by Gasteiger charge is -2.21. The smallest absolute Gasteiger partial charge is 0.227 e. The van der Waals surface area contributed by atoms with E-state index < -0.39 is 0 Å². The summed E-state index contributed by atoms with van der Waals surface area (Å²) in [6.07, 6.45) is 5.57. The van der Waals surface area contributed by atoms with Gasteiger partial charge in [0, 0.05) is 31.7 Å². The SMILES string of the molecule is CN=C(NCc1ccc(OC)cc1)NCc1cccc(NC(=O)C2CCCCC2)c1.I. The fourth-order valence-electron chi connectivity index (χ4n) is 3.70. The molecule has 3 rings (SSSR count). The topological polar surface area (TPSA) is 74.8 Å². The van der Waals surface area contributed by atoms with Crippen molar-refractivity contribution in [1.82, 2.24) is 10.6 Å². The number of carbonyl (C=O) groups is 1. The lowest BCUT2D eigenvalue weighted by molar-refractivity contribution is -0.120. The number of rotatable bonds is 7. The Morgan fingerprint density at radius 3 is 2.32 bits per heavy atom. The van der Waals surface area contributed by atoms with E-state index in [1.54, 1.807) is 14.2 Å². The Morgan fingerprint density at radius 2 is 1.68 bits per heavy atom. The highest BCUT2D eigenvalue weighted by molar-refractivity contribution is 14.0. The van der Waals surface area contributed by atoms with Gasteiger partial charge in [0.05, 0.1) is 7.11 Å². The van der Waals surface area contributed by atoms with E-state index in [9.17, 15) is 4.79 Å². The Bertz CT molecular complexity index is 849. The molecule has 0 aliphatic heterocycles. The molecule has 0 aromatic heterocycles. The minimum absolute atomic E-state index is 0. The summed E-state index contributed by atoms with van der Waals surface area (Å²) in [5.74, 6) is 1.87. The number of benzene rings is 2. The van der Waals surface area contributed by atoms with Crippen LogP contribution in [-0.4, -0.2) is 26.0 Å². The van der Waals surface area contributed by atoms with E-state index in [1.807, 2.05) is 48.5 Å². The third-order valence-corrected chi connectivity index (χ3v) is 5.47. The van der Waals surface area contributed by atoms with E-state index in [4.69, 9.17) is 4.74 Å². The zero-order valence-electron chi connectivity index (χ0n) is 18.3. The monoisotopic (exact) mass is 536 g/mol. The first kappa shape index (κ1) is 25.0. The van der Waals surface area contributed by atoms with Crippen molar-refractivity contribution in [2.75, 3.05) is 19.5 Å². The van der Waals surface area contributed by atoms with Crippen LogP contribution in [0.15, 0.2) is 53.5 Å². The third-order valence-electron chi connectivity index (χ3n) is 5.47. The second-order valence-corrected chi connectivity index (χ2v) is 7.65. The number of guanidine groups is 1. The van der Waals surface area contributed by atoms with Crippen LogP contribution in [0, 0.1) is 5.92 Å². The van der Waals surface area contributed by atoms with Gasteiger partial charge in [-0.2, -0.15) is 0 Å². The number of carbonyl (C=O) groups excluding carboxylic acids is 1. The summed E-state index contributed by atoms with van der Waals surface area (Å²) in [5, 5.41) is 9.72. The molecule has 1 saturated carbocycles. The highest BCUT2D eigenvalue weighted by atomic mass is 127. The van der Waals surface area contributed by atoms with Gasteiger partial charge in [0.1, 0.15) is 5.75 Å². The molecular weight excluding hydrogens is 503 g/mol. The van der Waals surface area contributed by atoms with Gasteiger partial charge in [0.25, 0.3) is 0 Å². The summed E-state index contributed by atoms with van der Waals surface area (Å²) in [5.41, 5.74) is 3.08. The van der Waals surface area contributed by atoms with Crippen LogP contribution in [0.3, 0.4) is 0 Å². The van der Waals surface area contributed by atoms with Gasteiger partial charge in [-0.25, -0.2) is 0 Å². The lowest BCUT2D eigenvalue weighted by atomic mass is 9.88. The van der Waals surface area contributed by atoms with Gasteiger partial charge < -0.3 is 20.7 Å². The normalized spacial score (nSPS) is 14.3. The highest BCUT2D eigenvalue weighted by Crippen LogP contribution is 2.25. The van der Waals surface area contributed by atoms with Crippen LogP contribution in [0.1, 0.15) is 43.2 Å². The van der Waals surface area contributed by atoms with Crippen LogP contribution in [0.4, 0.5) is 5.69 Å². The first-order valence-corrected chi connectivity index (χ1v) is 10.6. The number of halogens is 1. The molecule has 1 fully saturated rings. The zero-order chi connectivity index (χ0) is 21.2. The lowest BCUT2D eigenvalue weighted by Crippen LogP contribution is -2.36. The average Bonchev–Trinajstić information content (AvgIpc) is 2.80. The van der Waals surface area contributed by atoms with Crippen LogP contribution in [-0.2, 0) is 17.9 Å². The van der Waals surface area contributed by atoms with Crippen molar-refractivity contribution in [1.29, 1.82) is 0 Å². The minimum Gasteiger partial charge on any atom is -0.497 e. The van der Waals surface area contributed by atoms with Crippen molar-refractivity contribution in [3.63, 3.8) is 0 Å². The minimum atomic E-state index is 0. The predicted molar refractivity (Wildman–Crippen MR) is 137 cm³/mol. The molecule has 7 heteroatoms. The Labute approximate surface area is 202 Å². The zero-order valence-corrected chi connectivity index (χ0v) is 20.6. The molecular formula is C24H33IN4O2. The first-order chi connectivity index (χ1) is 14.7. The van der Waals surface area contributed by atoms with Gasteiger partial charge in [-0.1, -0.05) is 43.5 Å². The molecule has 0 bridgehead atoms. The number of nitrogens with one attached hydrogen (secondary N) is 3. The van der Waals surface area contributed by atoms with Crippen LogP contribution in [0.5, 0.6) is 5.75 Å². The summed E-state index contributed by atoms with van der Waals surface area (Å²) >= 11 is 0.